The van der Waals surface area contributed by atoms with Gasteiger partial charge in [-0.15, -0.1) is 0 Å². The van der Waals surface area contributed by atoms with Gasteiger partial charge in [0.15, 0.2) is 5.78 Å². The zero-order chi connectivity index (χ0) is 20.3. The largest absolute Gasteiger partial charge is 0.342 e. The Morgan fingerprint density at radius 1 is 1.14 bits per heavy atom. The van der Waals surface area contributed by atoms with Crippen molar-refractivity contribution in [2.75, 3.05) is 26.2 Å². The Labute approximate surface area is 167 Å². The number of nitrogens with zero attached hydrogens (tertiary/aromatic N) is 2. The van der Waals surface area contributed by atoms with Crippen LogP contribution >= 0.6 is 0 Å². The van der Waals surface area contributed by atoms with Gasteiger partial charge in [0.25, 0.3) is 0 Å². The van der Waals surface area contributed by atoms with Crippen molar-refractivity contribution < 1.29 is 18.0 Å². The number of carbonyl (C=O) groups is 2. The molecule has 1 saturated heterocycles. The molecule has 1 aliphatic carbocycles. The van der Waals surface area contributed by atoms with Gasteiger partial charge < -0.3 is 4.90 Å². The number of hydrogen-bond donors (Lipinski definition) is 0. The van der Waals surface area contributed by atoms with Gasteiger partial charge in [-0.1, -0.05) is 19.1 Å². The fourth-order valence-electron chi connectivity index (χ4n) is 3.80. The summed E-state index contributed by atoms with van der Waals surface area (Å²) in [5.74, 6) is 0.585. The number of ketones is 1. The van der Waals surface area contributed by atoms with Crippen LogP contribution in [0.15, 0.2) is 29.2 Å². The highest BCUT2D eigenvalue weighted by molar-refractivity contribution is 7.89. The lowest BCUT2D eigenvalue weighted by Crippen LogP contribution is -2.45. The molecule has 1 saturated carbocycles. The van der Waals surface area contributed by atoms with Gasteiger partial charge in [0, 0.05) is 37.7 Å². The minimum Gasteiger partial charge on any atom is -0.342 e. The second-order valence-electron chi connectivity index (χ2n) is 7.99. The van der Waals surface area contributed by atoms with E-state index in [1.54, 1.807) is 12.1 Å². The molecule has 28 heavy (non-hydrogen) atoms. The van der Waals surface area contributed by atoms with E-state index in [-0.39, 0.29) is 22.5 Å². The zero-order valence-corrected chi connectivity index (χ0v) is 17.6. The molecule has 1 aliphatic heterocycles. The summed E-state index contributed by atoms with van der Waals surface area (Å²) >= 11 is 0. The van der Waals surface area contributed by atoms with Gasteiger partial charge in [0.1, 0.15) is 0 Å². The average molecular weight is 407 g/mol. The van der Waals surface area contributed by atoms with Crippen molar-refractivity contribution in [2.45, 2.75) is 50.8 Å². The number of Topliss-reactive ketones (excluding diaryl/α,β-unsaturated/α-hetero) is 1. The minimum atomic E-state index is -3.65. The summed E-state index contributed by atoms with van der Waals surface area (Å²) in [5.41, 5.74) is 0.390. The van der Waals surface area contributed by atoms with E-state index in [4.69, 9.17) is 0 Å². The Morgan fingerprint density at radius 2 is 1.82 bits per heavy atom. The van der Waals surface area contributed by atoms with Crippen molar-refractivity contribution in [2.24, 2.45) is 11.8 Å². The molecule has 0 bridgehead atoms. The van der Waals surface area contributed by atoms with Crippen LogP contribution in [0.25, 0.3) is 0 Å². The lowest BCUT2D eigenvalue weighted by Gasteiger charge is -2.33. The van der Waals surface area contributed by atoms with Crippen LogP contribution in [0.1, 0.15) is 56.3 Å². The smallest absolute Gasteiger partial charge is 0.243 e. The summed E-state index contributed by atoms with van der Waals surface area (Å²) in [5, 5.41) is 0. The van der Waals surface area contributed by atoms with Crippen LogP contribution in [0, 0.1) is 11.8 Å². The van der Waals surface area contributed by atoms with E-state index in [0.29, 0.717) is 37.4 Å². The lowest BCUT2D eigenvalue weighted by molar-refractivity contribution is -0.137. The molecular formula is C21H30N2O4S. The third kappa shape index (κ3) is 4.81. The first-order chi connectivity index (χ1) is 13.3. The summed E-state index contributed by atoms with van der Waals surface area (Å²) in [6.07, 6.45) is 4.47. The monoisotopic (exact) mass is 406 g/mol. The van der Waals surface area contributed by atoms with E-state index < -0.39 is 10.0 Å². The fourth-order valence-corrected chi connectivity index (χ4v) is 5.32. The summed E-state index contributed by atoms with van der Waals surface area (Å²) < 4.78 is 27.3. The van der Waals surface area contributed by atoms with E-state index in [1.165, 1.54) is 36.2 Å². The van der Waals surface area contributed by atoms with Gasteiger partial charge in [-0.05, 0) is 57.1 Å². The topological polar surface area (TPSA) is 74.8 Å². The first-order valence-electron chi connectivity index (χ1n) is 10.2. The molecule has 0 radical (unpaired) electrons. The maximum Gasteiger partial charge on any atom is 0.243 e. The molecule has 1 aromatic rings. The third-order valence-electron chi connectivity index (χ3n) is 5.66. The molecule has 3 rings (SSSR count). The van der Waals surface area contributed by atoms with Gasteiger partial charge in [0.2, 0.25) is 15.9 Å². The number of amides is 1. The first kappa shape index (κ1) is 21.0. The van der Waals surface area contributed by atoms with Gasteiger partial charge in [-0.2, -0.15) is 4.31 Å². The molecule has 0 N–H and O–H groups in total. The maximum absolute atomic E-state index is 12.9. The number of benzene rings is 1. The van der Waals surface area contributed by atoms with Crippen molar-refractivity contribution in [1.82, 2.24) is 9.21 Å². The van der Waals surface area contributed by atoms with Crippen LogP contribution in [0.3, 0.4) is 0 Å². The van der Waals surface area contributed by atoms with E-state index in [2.05, 4.69) is 6.92 Å². The number of carbonyl (C=O) groups excluding carboxylic acids is 2. The van der Waals surface area contributed by atoms with Crippen molar-refractivity contribution in [3.8, 4) is 0 Å². The van der Waals surface area contributed by atoms with Crippen molar-refractivity contribution in [3.63, 3.8) is 0 Å². The van der Waals surface area contributed by atoms with E-state index in [1.807, 2.05) is 4.90 Å². The number of hydrogen-bond acceptors (Lipinski definition) is 4. The molecule has 1 aromatic carbocycles. The van der Waals surface area contributed by atoms with Gasteiger partial charge in [0.05, 0.1) is 4.90 Å². The lowest BCUT2D eigenvalue weighted by atomic mass is 9.96. The Morgan fingerprint density at radius 3 is 2.39 bits per heavy atom. The predicted molar refractivity (Wildman–Crippen MR) is 108 cm³/mol. The van der Waals surface area contributed by atoms with E-state index >= 15 is 0 Å². The van der Waals surface area contributed by atoms with Crippen molar-refractivity contribution >= 4 is 21.7 Å². The molecular weight excluding hydrogens is 376 g/mol. The number of rotatable bonds is 8. The summed E-state index contributed by atoms with van der Waals surface area (Å²) in [6.45, 7) is 5.82. The molecule has 0 unspecified atom stereocenters. The maximum atomic E-state index is 12.9. The second-order valence-corrected chi connectivity index (χ2v) is 9.93. The molecule has 6 nitrogen and oxygen atoms in total. The zero-order valence-electron chi connectivity index (χ0n) is 16.8. The SMILES string of the molecule is CCCN(CC1CC1)C(=O)C1CCN(S(=O)(=O)c2cccc(C(C)=O)c2)CC1. The third-order valence-corrected chi connectivity index (χ3v) is 7.56. The molecule has 2 aliphatic rings. The van der Waals surface area contributed by atoms with Crippen LogP contribution < -0.4 is 0 Å². The summed E-state index contributed by atoms with van der Waals surface area (Å²) in [4.78, 5) is 26.6. The molecule has 154 valence electrons. The van der Waals surface area contributed by atoms with Gasteiger partial charge >= 0.3 is 0 Å². The summed E-state index contributed by atoms with van der Waals surface area (Å²) in [6, 6.07) is 6.18. The average Bonchev–Trinajstić information content (AvgIpc) is 3.51. The first-order valence-corrected chi connectivity index (χ1v) is 11.7. The van der Waals surface area contributed by atoms with Gasteiger partial charge in [-0.25, -0.2) is 8.42 Å². The second kappa shape index (κ2) is 8.74. The Kier molecular flexibility index (Phi) is 6.55. The van der Waals surface area contributed by atoms with Crippen LogP contribution in [0.5, 0.6) is 0 Å². The van der Waals surface area contributed by atoms with Crippen LogP contribution in [-0.2, 0) is 14.8 Å². The molecule has 1 amide bonds. The quantitative estimate of drug-likeness (QED) is 0.622. The standard InChI is InChI=1S/C21H30N2O4S/c1-3-11-22(15-17-7-8-17)21(25)18-9-12-23(13-10-18)28(26,27)20-6-4-5-19(14-20)16(2)24/h4-6,14,17-18H,3,7-13,15H2,1-2H3. The molecule has 0 atom stereocenters. The Bertz CT molecular complexity index is 825. The minimum absolute atomic E-state index is 0.0969. The van der Waals surface area contributed by atoms with Gasteiger partial charge in [-0.3, -0.25) is 9.59 Å². The number of piperidine rings is 1. The molecule has 7 heteroatoms. The van der Waals surface area contributed by atoms with Crippen molar-refractivity contribution in [3.05, 3.63) is 29.8 Å². The van der Waals surface area contributed by atoms with E-state index in [9.17, 15) is 18.0 Å². The van der Waals surface area contributed by atoms with E-state index in [0.717, 1.165) is 19.5 Å². The predicted octanol–water partition coefficient (Wildman–Crippen LogP) is 2.94. The van der Waals surface area contributed by atoms with Crippen molar-refractivity contribution in [1.29, 1.82) is 0 Å². The highest BCUT2D eigenvalue weighted by Gasteiger charge is 2.35. The van der Waals surface area contributed by atoms with Crippen LogP contribution in [-0.4, -0.2) is 55.5 Å². The highest BCUT2D eigenvalue weighted by atomic mass is 32.2. The molecule has 0 aromatic heterocycles. The van der Waals surface area contributed by atoms with Crippen LogP contribution in [0.2, 0.25) is 0 Å². The molecule has 2 fully saturated rings. The normalized spacial score (nSPS) is 18.8. The fraction of sp³-hybridized carbons (Fsp3) is 0.619. The Hall–Kier alpha value is -1.73. The summed E-state index contributed by atoms with van der Waals surface area (Å²) in [7, 11) is -3.65. The molecule has 1 heterocycles. The van der Waals surface area contributed by atoms with Crippen LogP contribution in [0.4, 0.5) is 0 Å². The Balaban J connectivity index is 1.64. The molecule has 0 spiro atoms. The number of sulfonamides is 1. The highest BCUT2D eigenvalue weighted by Crippen LogP contribution is 2.31.